The molecule has 8 heteroatoms. The monoisotopic (exact) mass is 400 g/mol. The minimum atomic E-state index is -0.116. The molecule has 0 bridgehead atoms. The van der Waals surface area contributed by atoms with Gasteiger partial charge in [-0.2, -0.15) is 0 Å². The zero-order valence-corrected chi connectivity index (χ0v) is 17.0. The van der Waals surface area contributed by atoms with Crippen LogP contribution in [0, 0.1) is 6.92 Å². The molecule has 2 N–H and O–H groups in total. The fourth-order valence-electron chi connectivity index (χ4n) is 3.06. The molecule has 3 aromatic rings. The molecule has 1 aromatic carbocycles. The maximum Gasteiger partial charge on any atom is 0.264 e. The van der Waals surface area contributed by atoms with Gasteiger partial charge in [0.2, 0.25) is 0 Å². The molecule has 0 aliphatic heterocycles. The fraction of sp³-hybridized carbons (Fsp3) is 0.350. The third-order valence-corrected chi connectivity index (χ3v) is 5.77. The van der Waals surface area contributed by atoms with Gasteiger partial charge in [0.25, 0.3) is 5.91 Å². The van der Waals surface area contributed by atoms with Crippen LogP contribution in [0.2, 0.25) is 0 Å². The largest absolute Gasteiger partial charge is 0.496 e. The van der Waals surface area contributed by atoms with Crippen molar-refractivity contribution < 1.29 is 14.6 Å². The van der Waals surface area contributed by atoms with Gasteiger partial charge in [0.1, 0.15) is 22.7 Å². The first-order chi connectivity index (χ1) is 13.6. The zero-order valence-electron chi connectivity index (χ0n) is 16.2. The molecule has 148 valence electrons. The predicted molar refractivity (Wildman–Crippen MR) is 111 cm³/mol. The molecule has 2 aromatic heterocycles. The van der Waals surface area contributed by atoms with E-state index in [1.807, 2.05) is 31.2 Å². The Morgan fingerprint density at radius 2 is 2.11 bits per heavy atom. The lowest BCUT2D eigenvalue weighted by Gasteiger charge is -2.14. The number of aryl methyl sites for hydroxylation is 1. The highest BCUT2D eigenvalue weighted by Crippen LogP contribution is 2.34. The molecule has 3 rings (SSSR count). The second-order valence-corrected chi connectivity index (χ2v) is 7.40. The lowest BCUT2D eigenvalue weighted by atomic mass is 10.1. The molecule has 0 spiro atoms. The highest BCUT2D eigenvalue weighted by molar-refractivity contribution is 7.20. The Labute approximate surface area is 168 Å². The number of anilines is 1. The molecule has 0 aliphatic rings. The summed E-state index contributed by atoms with van der Waals surface area (Å²) in [6.45, 7) is 2.81. The number of amides is 1. The van der Waals surface area contributed by atoms with E-state index in [9.17, 15) is 4.79 Å². The maximum atomic E-state index is 12.6. The van der Waals surface area contributed by atoms with E-state index in [1.54, 1.807) is 14.2 Å². The van der Waals surface area contributed by atoms with Crippen LogP contribution in [0.1, 0.15) is 20.8 Å². The van der Waals surface area contributed by atoms with Crippen molar-refractivity contribution in [3.05, 3.63) is 46.6 Å². The summed E-state index contributed by atoms with van der Waals surface area (Å²) in [5.41, 5.74) is 1.97. The number of thiophene rings is 1. The van der Waals surface area contributed by atoms with Crippen molar-refractivity contribution in [3.63, 3.8) is 0 Å². The summed E-state index contributed by atoms with van der Waals surface area (Å²) in [5, 5.41) is 13.3. The summed E-state index contributed by atoms with van der Waals surface area (Å²) in [4.78, 5) is 24.3. The van der Waals surface area contributed by atoms with Gasteiger partial charge in [-0.05, 0) is 30.5 Å². The number of rotatable bonds is 8. The predicted octanol–water partition coefficient (Wildman–Crippen LogP) is 2.73. The van der Waals surface area contributed by atoms with Gasteiger partial charge in [-0.15, -0.1) is 11.3 Å². The van der Waals surface area contributed by atoms with Crippen LogP contribution in [0.5, 0.6) is 5.75 Å². The maximum absolute atomic E-state index is 12.6. The van der Waals surface area contributed by atoms with E-state index >= 15 is 0 Å². The summed E-state index contributed by atoms with van der Waals surface area (Å²) >= 11 is 1.35. The zero-order chi connectivity index (χ0) is 20.1. The quantitative estimate of drug-likeness (QED) is 0.605. The van der Waals surface area contributed by atoms with Crippen LogP contribution in [0.3, 0.4) is 0 Å². The first kappa shape index (κ1) is 20.0. The molecule has 0 saturated carbocycles. The van der Waals surface area contributed by atoms with Gasteiger partial charge < -0.3 is 20.1 Å². The van der Waals surface area contributed by atoms with E-state index in [-0.39, 0.29) is 12.5 Å². The number of aliphatic hydroxyl groups is 1. The number of fused-ring (bicyclic) bond motifs is 1. The number of hydrogen-bond acceptors (Lipinski definition) is 7. The molecule has 0 atom stereocenters. The average molecular weight is 401 g/mol. The van der Waals surface area contributed by atoms with Gasteiger partial charge in [0.05, 0.1) is 24.0 Å². The number of aromatic nitrogens is 2. The molecule has 0 unspecified atom stereocenters. The molecule has 28 heavy (non-hydrogen) atoms. The lowest BCUT2D eigenvalue weighted by molar-refractivity contribution is 0.0771. The van der Waals surface area contributed by atoms with Crippen molar-refractivity contribution in [1.82, 2.24) is 14.9 Å². The number of methoxy groups -OCH3 is 1. The van der Waals surface area contributed by atoms with Crippen LogP contribution in [-0.4, -0.2) is 59.7 Å². The Bertz CT molecular complexity index is 973. The van der Waals surface area contributed by atoms with Crippen LogP contribution < -0.4 is 10.1 Å². The Hall–Kier alpha value is -2.71. The van der Waals surface area contributed by atoms with Gasteiger partial charge in [0, 0.05) is 20.1 Å². The van der Waals surface area contributed by atoms with Crippen molar-refractivity contribution in [2.24, 2.45) is 0 Å². The number of benzene rings is 1. The Balaban J connectivity index is 1.81. The van der Waals surface area contributed by atoms with Gasteiger partial charge in [-0.3, -0.25) is 4.79 Å². The molecule has 0 radical (unpaired) electrons. The smallest absolute Gasteiger partial charge is 0.264 e. The molecule has 7 nitrogen and oxygen atoms in total. The standard InChI is InChI=1S/C20H24N4O3S/c1-13-16-18(21-9-8-14-6-4-5-7-15(14)27-3)22-12-23-19(16)28-17(13)20(26)24(2)10-11-25/h4-7,12,25H,8-11H2,1-3H3,(H,21,22,23). The van der Waals surface area contributed by atoms with Gasteiger partial charge in [0.15, 0.2) is 0 Å². The number of ether oxygens (including phenoxy) is 1. The Kier molecular flexibility index (Phi) is 6.43. The van der Waals surface area contributed by atoms with E-state index < -0.39 is 0 Å². The highest BCUT2D eigenvalue weighted by atomic mass is 32.1. The van der Waals surface area contributed by atoms with Crippen LogP contribution in [0.4, 0.5) is 5.82 Å². The van der Waals surface area contributed by atoms with Gasteiger partial charge in [-0.1, -0.05) is 18.2 Å². The van der Waals surface area contributed by atoms with Gasteiger partial charge >= 0.3 is 0 Å². The number of para-hydroxylation sites is 1. The number of carbonyl (C=O) groups is 1. The second-order valence-electron chi connectivity index (χ2n) is 6.40. The number of nitrogens with one attached hydrogen (secondary N) is 1. The van der Waals surface area contributed by atoms with Crippen LogP contribution in [0.15, 0.2) is 30.6 Å². The van der Waals surface area contributed by atoms with Crippen LogP contribution in [0.25, 0.3) is 10.2 Å². The Morgan fingerprint density at radius 1 is 1.32 bits per heavy atom. The van der Waals surface area contributed by atoms with Crippen LogP contribution >= 0.6 is 11.3 Å². The lowest BCUT2D eigenvalue weighted by Crippen LogP contribution is -2.29. The molecular weight excluding hydrogens is 376 g/mol. The summed E-state index contributed by atoms with van der Waals surface area (Å²) in [6.07, 6.45) is 2.29. The van der Waals surface area contributed by atoms with E-state index in [2.05, 4.69) is 15.3 Å². The number of aliphatic hydroxyl groups excluding tert-OH is 1. The normalized spacial score (nSPS) is 10.9. The molecule has 2 heterocycles. The second kappa shape index (κ2) is 8.99. The van der Waals surface area contributed by atoms with Crippen LogP contribution in [-0.2, 0) is 6.42 Å². The minimum absolute atomic E-state index is 0.0677. The molecule has 0 aliphatic carbocycles. The van der Waals surface area contributed by atoms with Crippen molar-refractivity contribution in [2.45, 2.75) is 13.3 Å². The van der Waals surface area contributed by atoms with E-state index in [4.69, 9.17) is 9.84 Å². The summed E-state index contributed by atoms with van der Waals surface area (Å²) in [5.74, 6) is 1.47. The number of carbonyl (C=O) groups excluding carboxylic acids is 1. The molecule has 0 saturated heterocycles. The van der Waals surface area contributed by atoms with Crippen molar-refractivity contribution >= 4 is 33.3 Å². The number of hydrogen-bond donors (Lipinski definition) is 2. The number of likely N-dealkylation sites (N-methyl/N-ethyl adjacent to an activating group) is 1. The van der Waals surface area contributed by atoms with E-state index in [0.29, 0.717) is 18.0 Å². The summed E-state index contributed by atoms with van der Waals surface area (Å²) in [7, 11) is 3.35. The summed E-state index contributed by atoms with van der Waals surface area (Å²) in [6, 6.07) is 7.93. The molecule has 1 amide bonds. The third kappa shape index (κ3) is 4.07. The first-order valence-electron chi connectivity index (χ1n) is 9.03. The van der Waals surface area contributed by atoms with Crippen molar-refractivity contribution in [2.75, 3.05) is 39.2 Å². The molecular formula is C20H24N4O3S. The fourth-order valence-corrected chi connectivity index (χ4v) is 4.20. The van der Waals surface area contributed by atoms with E-state index in [0.717, 1.165) is 39.3 Å². The highest BCUT2D eigenvalue weighted by Gasteiger charge is 2.21. The topological polar surface area (TPSA) is 87.6 Å². The summed E-state index contributed by atoms with van der Waals surface area (Å²) < 4.78 is 5.40. The van der Waals surface area contributed by atoms with Crippen molar-refractivity contribution in [1.29, 1.82) is 0 Å². The van der Waals surface area contributed by atoms with Crippen molar-refractivity contribution in [3.8, 4) is 5.75 Å². The first-order valence-corrected chi connectivity index (χ1v) is 9.84. The Morgan fingerprint density at radius 3 is 2.86 bits per heavy atom. The van der Waals surface area contributed by atoms with E-state index in [1.165, 1.54) is 22.6 Å². The molecule has 0 fully saturated rings. The number of nitrogens with zero attached hydrogens (tertiary/aromatic N) is 3. The third-order valence-electron chi connectivity index (χ3n) is 4.58. The average Bonchev–Trinajstić information content (AvgIpc) is 3.05. The SMILES string of the molecule is COc1ccccc1CCNc1ncnc2sc(C(=O)N(C)CCO)c(C)c12. The van der Waals surface area contributed by atoms with Gasteiger partial charge in [-0.25, -0.2) is 9.97 Å². The minimum Gasteiger partial charge on any atom is -0.496 e.